The van der Waals surface area contributed by atoms with Crippen molar-refractivity contribution >= 4 is 33.2 Å². The summed E-state index contributed by atoms with van der Waals surface area (Å²) in [6, 6.07) is 8.07. The summed E-state index contributed by atoms with van der Waals surface area (Å²) in [5.41, 5.74) is 1.70. The number of aliphatic hydroxyl groups excluding tert-OH is 1. The number of pyridine rings is 1. The molecule has 0 amide bonds. The normalized spacial score (nSPS) is 19.9. The topological polar surface area (TPSA) is 87.4 Å². The molecule has 3 aromatic heterocycles. The maximum Gasteiger partial charge on any atom is 0.173 e. The van der Waals surface area contributed by atoms with E-state index in [9.17, 15) is 5.11 Å². The van der Waals surface area contributed by atoms with E-state index in [1.165, 1.54) is 12.8 Å². The molecule has 3 N–H and O–H groups in total. The number of anilines is 2. The van der Waals surface area contributed by atoms with Crippen LogP contribution in [-0.2, 0) is 6.54 Å². The number of aromatic nitrogens is 4. The van der Waals surface area contributed by atoms with Crippen LogP contribution < -0.4 is 10.6 Å². The Labute approximate surface area is 166 Å². The van der Waals surface area contributed by atoms with E-state index >= 15 is 0 Å². The molecule has 4 rings (SSSR count). The molecule has 0 radical (unpaired) electrons. The van der Waals surface area contributed by atoms with Crippen LogP contribution in [0, 0.1) is 5.92 Å². The number of aliphatic hydroxyl groups is 1. The van der Waals surface area contributed by atoms with Crippen molar-refractivity contribution in [2.45, 2.75) is 38.3 Å². The highest BCUT2D eigenvalue weighted by Crippen LogP contribution is 2.28. The van der Waals surface area contributed by atoms with Crippen molar-refractivity contribution in [1.82, 2.24) is 19.6 Å². The summed E-state index contributed by atoms with van der Waals surface area (Å²) in [5.74, 6) is 1.91. The van der Waals surface area contributed by atoms with Crippen molar-refractivity contribution < 1.29 is 5.11 Å². The SMILES string of the molecule is OCC1CCCCC1Nc1cc(NCc2ccccn2)n2ncc(Br)c2n1. The molecule has 0 saturated heterocycles. The molecule has 0 aliphatic heterocycles. The van der Waals surface area contributed by atoms with Gasteiger partial charge in [-0.05, 0) is 40.9 Å². The second-order valence-electron chi connectivity index (χ2n) is 6.91. The highest BCUT2D eigenvalue weighted by atomic mass is 79.9. The Morgan fingerprint density at radius 1 is 1.26 bits per heavy atom. The van der Waals surface area contributed by atoms with Gasteiger partial charge < -0.3 is 15.7 Å². The third-order valence-corrected chi connectivity index (χ3v) is 5.64. The van der Waals surface area contributed by atoms with Gasteiger partial charge in [-0.25, -0.2) is 4.98 Å². The summed E-state index contributed by atoms with van der Waals surface area (Å²) in [7, 11) is 0. The second kappa shape index (κ2) is 8.22. The zero-order valence-corrected chi connectivity index (χ0v) is 16.6. The molecule has 8 heteroatoms. The number of nitrogens with one attached hydrogen (secondary N) is 2. The fraction of sp³-hybridized carbons (Fsp3) is 0.421. The molecule has 0 aromatic carbocycles. The highest BCUT2D eigenvalue weighted by molar-refractivity contribution is 9.10. The van der Waals surface area contributed by atoms with E-state index in [2.05, 4.69) is 36.6 Å². The van der Waals surface area contributed by atoms with E-state index in [1.807, 2.05) is 24.3 Å². The largest absolute Gasteiger partial charge is 0.396 e. The standard InChI is InChI=1S/C19H23BrN6O/c20-15-11-23-26-18(22-10-14-6-3-4-8-21-14)9-17(25-19(15)26)24-16-7-2-1-5-13(16)12-27/h3-4,6,8-9,11,13,16,22,27H,1-2,5,7,10,12H2,(H,24,25). The average molecular weight is 431 g/mol. The van der Waals surface area contributed by atoms with Gasteiger partial charge in [0.2, 0.25) is 0 Å². The summed E-state index contributed by atoms with van der Waals surface area (Å²) in [5, 5.41) is 21.0. The lowest BCUT2D eigenvalue weighted by Crippen LogP contribution is -2.34. The average Bonchev–Trinajstić information content (AvgIpc) is 3.08. The minimum Gasteiger partial charge on any atom is -0.396 e. The Morgan fingerprint density at radius 3 is 2.96 bits per heavy atom. The predicted molar refractivity (Wildman–Crippen MR) is 109 cm³/mol. The first-order valence-corrected chi connectivity index (χ1v) is 10.1. The van der Waals surface area contributed by atoms with Gasteiger partial charge in [0.1, 0.15) is 11.6 Å². The summed E-state index contributed by atoms with van der Waals surface area (Å²) >= 11 is 3.53. The van der Waals surface area contributed by atoms with Crippen LogP contribution in [0.4, 0.5) is 11.6 Å². The van der Waals surface area contributed by atoms with Gasteiger partial charge in [-0.2, -0.15) is 9.61 Å². The fourth-order valence-electron chi connectivity index (χ4n) is 3.63. The van der Waals surface area contributed by atoms with Crippen LogP contribution in [0.3, 0.4) is 0 Å². The number of halogens is 1. The van der Waals surface area contributed by atoms with Gasteiger partial charge in [0, 0.05) is 30.8 Å². The molecule has 3 heterocycles. The molecule has 3 aromatic rings. The third kappa shape index (κ3) is 4.06. The van der Waals surface area contributed by atoms with Crippen LogP contribution in [0.2, 0.25) is 0 Å². The molecule has 0 spiro atoms. The molecule has 27 heavy (non-hydrogen) atoms. The molecule has 0 bridgehead atoms. The first-order valence-electron chi connectivity index (χ1n) is 9.30. The second-order valence-corrected chi connectivity index (χ2v) is 7.76. The molecular formula is C19H23BrN6O. The van der Waals surface area contributed by atoms with Gasteiger partial charge in [0.05, 0.1) is 22.9 Å². The van der Waals surface area contributed by atoms with Crippen LogP contribution in [0.5, 0.6) is 0 Å². The maximum atomic E-state index is 9.69. The smallest absolute Gasteiger partial charge is 0.173 e. The van der Waals surface area contributed by atoms with Crippen molar-refractivity contribution in [3.63, 3.8) is 0 Å². The predicted octanol–water partition coefficient (Wildman–Crippen LogP) is 3.46. The van der Waals surface area contributed by atoms with Crippen molar-refractivity contribution in [1.29, 1.82) is 0 Å². The van der Waals surface area contributed by atoms with Crippen molar-refractivity contribution in [2.24, 2.45) is 5.92 Å². The van der Waals surface area contributed by atoms with Gasteiger partial charge in [-0.15, -0.1) is 0 Å². The Kier molecular flexibility index (Phi) is 5.54. The summed E-state index contributed by atoms with van der Waals surface area (Å²) in [6.07, 6.45) is 8.00. The van der Waals surface area contributed by atoms with Crippen LogP contribution in [0.1, 0.15) is 31.4 Å². The lowest BCUT2D eigenvalue weighted by atomic mass is 9.85. The number of nitrogens with zero attached hydrogens (tertiary/aromatic N) is 4. The highest BCUT2D eigenvalue weighted by Gasteiger charge is 2.25. The first-order chi connectivity index (χ1) is 13.2. The Bertz CT molecular complexity index is 900. The first kappa shape index (κ1) is 18.2. The fourth-order valence-corrected chi connectivity index (χ4v) is 3.97. The zero-order valence-electron chi connectivity index (χ0n) is 15.0. The molecule has 1 aliphatic carbocycles. The van der Waals surface area contributed by atoms with Gasteiger partial charge >= 0.3 is 0 Å². The summed E-state index contributed by atoms with van der Waals surface area (Å²) < 4.78 is 2.62. The number of rotatable bonds is 6. The van der Waals surface area contributed by atoms with Crippen molar-refractivity contribution in [2.75, 3.05) is 17.2 Å². The quantitative estimate of drug-likeness (QED) is 0.554. The molecular weight excluding hydrogens is 408 g/mol. The number of hydrogen-bond donors (Lipinski definition) is 3. The third-order valence-electron chi connectivity index (χ3n) is 5.08. The maximum absolute atomic E-state index is 9.69. The molecule has 2 unspecified atom stereocenters. The zero-order chi connectivity index (χ0) is 18.6. The van der Waals surface area contributed by atoms with Gasteiger partial charge in [-0.3, -0.25) is 4.98 Å². The van der Waals surface area contributed by atoms with Crippen LogP contribution in [0.15, 0.2) is 41.1 Å². The van der Waals surface area contributed by atoms with Crippen LogP contribution in [-0.4, -0.2) is 37.3 Å². The molecule has 2 atom stereocenters. The number of fused-ring (bicyclic) bond motifs is 1. The van der Waals surface area contributed by atoms with Gasteiger partial charge in [0.25, 0.3) is 0 Å². The van der Waals surface area contributed by atoms with Crippen molar-refractivity contribution in [3.05, 3.63) is 46.8 Å². The Morgan fingerprint density at radius 2 is 2.15 bits per heavy atom. The Hall–Kier alpha value is -2.19. The lowest BCUT2D eigenvalue weighted by Gasteiger charge is -2.31. The molecule has 1 saturated carbocycles. The summed E-state index contributed by atoms with van der Waals surface area (Å²) in [6.45, 7) is 0.806. The van der Waals surface area contributed by atoms with Gasteiger partial charge in [-0.1, -0.05) is 18.9 Å². The minimum atomic E-state index is 0.209. The van der Waals surface area contributed by atoms with E-state index in [4.69, 9.17) is 4.98 Å². The van der Waals surface area contributed by atoms with Crippen LogP contribution >= 0.6 is 15.9 Å². The minimum absolute atomic E-state index is 0.209. The van der Waals surface area contributed by atoms with Crippen molar-refractivity contribution in [3.8, 4) is 0 Å². The number of hydrogen-bond acceptors (Lipinski definition) is 6. The van der Waals surface area contributed by atoms with E-state index in [0.29, 0.717) is 6.54 Å². The van der Waals surface area contributed by atoms with E-state index in [1.54, 1.807) is 16.9 Å². The van der Waals surface area contributed by atoms with Crippen LogP contribution in [0.25, 0.3) is 5.65 Å². The lowest BCUT2D eigenvalue weighted by molar-refractivity contribution is 0.178. The van der Waals surface area contributed by atoms with E-state index in [-0.39, 0.29) is 18.6 Å². The van der Waals surface area contributed by atoms with E-state index in [0.717, 1.165) is 40.3 Å². The Balaban J connectivity index is 1.60. The molecule has 1 aliphatic rings. The summed E-state index contributed by atoms with van der Waals surface area (Å²) in [4.78, 5) is 9.07. The van der Waals surface area contributed by atoms with Gasteiger partial charge in [0.15, 0.2) is 5.65 Å². The molecule has 7 nitrogen and oxygen atoms in total. The van der Waals surface area contributed by atoms with E-state index < -0.39 is 0 Å². The monoisotopic (exact) mass is 430 g/mol. The molecule has 142 valence electrons. The molecule has 1 fully saturated rings.